The van der Waals surface area contributed by atoms with Gasteiger partial charge in [0.05, 0.1) is 6.20 Å². The van der Waals surface area contributed by atoms with Gasteiger partial charge in [-0.1, -0.05) is 30.3 Å². The van der Waals surface area contributed by atoms with Gasteiger partial charge >= 0.3 is 5.97 Å². The summed E-state index contributed by atoms with van der Waals surface area (Å²) in [5.41, 5.74) is 0.768. The Morgan fingerprint density at radius 3 is 2.38 bits per heavy atom. The second kappa shape index (κ2) is 12.0. The van der Waals surface area contributed by atoms with E-state index in [-0.39, 0.29) is 11.5 Å². The third-order valence-corrected chi connectivity index (χ3v) is 6.45. The van der Waals surface area contributed by atoms with Crippen molar-refractivity contribution in [3.8, 4) is 17.1 Å². The summed E-state index contributed by atoms with van der Waals surface area (Å²) < 4.78 is 33.3. The molecule has 0 saturated carbocycles. The summed E-state index contributed by atoms with van der Waals surface area (Å²) in [5, 5.41) is 12.4. The van der Waals surface area contributed by atoms with E-state index in [0.29, 0.717) is 17.9 Å². The van der Waals surface area contributed by atoms with Crippen molar-refractivity contribution >= 4 is 21.7 Å². The van der Waals surface area contributed by atoms with Crippen LogP contribution in [0.2, 0.25) is 0 Å². The first kappa shape index (κ1) is 27.9. The maximum atomic E-state index is 13.1. The van der Waals surface area contributed by atoms with Crippen LogP contribution in [0.3, 0.4) is 0 Å². The van der Waals surface area contributed by atoms with E-state index in [1.807, 2.05) is 30.3 Å². The van der Waals surface area contributed by atoms with E-state index in [1.54, 1.807) is 32.9 Å². The Balaban J connectivity index is 1.72. The van der Waals surface area contributed by atoms with Crippen LogP contribution < -0.4 is 20.3 Å². The highest BCUT2D eigenvalue weighted by Gasteiger charge is 2.20. The molecule has 0 aliphatic carbocycles. The van der Waals surface area contributed by atoms with E-state index < -0.39 is 39.6 Å². The van der Waals surface area contributed by atoms with Gasteiger partial charge in [0.2, 0.25) is 16.0 Å². The molecule has 1 aromatic heterocycles. The number of carboxylic acid groups (broad SMARTS) is 1. The molecule has 0 bridgehead atoms. The first-order valence-corrected chi connectivity index (χ1v) is 13.4. The number of anilines is 1. The molecule has 0 unspecified atom stereocenters. The summed E-state index contributed by atoms with van der Waals surface area (Å²) in [6, 6.07) is 16.2. The number of ether oxygens (including phenoxy) is 1. The second-order valence-electron chi connectivity index (χ2n) is 9.55. The molecular weight excluding hydrogens is 496 g/mol. The summed E-state index contributed by atoms with van der Waals surface area (Å²) in [7, 11) is -3.66. The third-order valence-electron chi connectivity index (χ3n) is 5.10. The zero-order valence-corrected chi connectivity index (χ0v) is 21.9. The Morgan fingerprint density at radius 2 is 1.76 bits per heavy atom. The minimum atomic E-state index is -3.66. The molecule has 0 saturated heterocycles. The normalized spacial score (nSPS) is 11.8. The van der Waals surface area contributed by atoms with E-state index in [2.05, 4.69) is 15.0 Å². The van der Waals surface area contributed by atoms with Crippen LogP contribution in [0.5, 0.6) is 5.75 Å². The number of aliphatic carboxylic acids is 1. The van der Waals surface area contributed by atoms with Crippen LogP contribution in [0, 0.1) is 0 Å². The van der Waals surface area contributed by atoms with Gasteiger partial charge < -0.3 is 15.2 Å². The highest BCUT2D eigenvalue weighted by atomic mass is 32.2. The Hall–Kier alpha value is -3.70. The van der Waals surface area contributed by atoms with Crippen molar-refractivity contribution in [1.29, 1.82) is 0 Å². The first-order chi connectivity index (χ1) is 17.4. The molecule has 11 heteroatoms. The molecule has 1 heterocycles. The number of carbonyl (C=O) groups is 1. The number of benzene rings is 2. The highest BCUT2D eigenvalue weighted by molar-refractivity contribution is 7.89. The lowest BCUT2D eigenvalue weighted by atomic mass is 10.1. The van der Waals surface area contributed by atoms with Crippen LogP contribution in [0.1, 0.15) is 32.8 Å². The molecule has 0 spiro atoms. The standard InChI is InChI=1S/C26H32N4O6S/c1-26(2,3)29-37(34,35)18-36-21-13-11-20(12-14-21)24-28-16-22(25(33)30(24)17-23(31)32)27-15-7-10-19-8-5-4-6-9-19/h4-6,8-9,11-14,16,27,29H,7,10,15,17-18H2,1-3H3,(H,31,32). The Bertz CT molecular complexity index is 1360. The minimum absolute atomic E-state index is 0.177. The molecule has 0 aliphatic heterocycles. The zero-order chi connectivity index (χ0) is 27.1. The fourth-order valence-corrected chi connectivity index (χ4v) is 4.91. The molecule has 10 nitrogen and oxygen atoms in total. The lowest BCUT2D eigenvalue weighted by molar-refractivity contribution is -0.137. The minimum Gasteiger partial charge on any atom is -0.480 e. The fourth-order valence-electron chi connectivity index (χ4n) is 3.63. The number of hydrogen-bond donors (Lipinski definition) is 3. The average molecular weight is 529 g/mol. The van der Waals surface area contributed by atoms with Crippen LogP contribution in [-0.2, 0) is 27.8 Å². The molecule has 37 heavy (non-hydrogen) atoms. The van der Waals surface area contributed by atoms with Crippen LogP contribution in [0.25, 0.3) is 11.4 Å². The Morgan fingerprint density at radius 1 is 1.08 bits per heavy atom. The predicted molar refractivity (Wildman–Crippen MR) is 142 cm³/mol. The molecule has 3 N–H and O–H groups in total. The molecule has 2 aromatic carbocycles. The largest absolute Gasteiger partial charge is 0.480 e. The molecule has 198 valence electrons. The third kappa shape index (κ3) is 8.72. The summed E-state index contributed by atoms with van der Waals surface area (Å²) in [5.74, 6) is -1.26. The molecule has 0 radical (unpaired) electrons. The molecule has 0 amide bonds. The molecule has 0 atom stereocenters. The summed E-state index contributed by atoms with van der Waals surface area (Å²) in [6.45, 7) is 5.16. The van der Waals surface area contributed by atoms with Crippen LogP contribution >= 0.6 is 0 Å². The number of rotatable bonds is 12. The molecule has 0 aliphatic rings. The van der Waals surface area contributed by atoms with E-state index in [9.17, 15) is 23.1 Å². The number of aromatic nitrogens is 2. The molecular formula is C26H32N4O6S. The second-order valence-corrected chi connectivity index (χ2v) is 11.2. The molecule has 0 fully saturated rings. The number of hydrogen-bond acceptors (Lipinski definition) is 7. The van der Waals surface area contributed by atoms with Gasteiger partial charge in [0, 0.05) is 17.6 Å². The lowest BCUT2D eigenvalue weighted by Crippen LogP contribution is -2.42. The van der Waals surface area contributed by atoms with E-state index in [4.69, 9.17) is 4.74 Å². The first-order valence-electron chi connectivity index (χ1n) is 11.8. The van der Waals surface area contributed by atoms with E-state index in [0.717, 1.165) is 17.4 Å². The average Bonchev–Trinajstić information content (AvgIpc) is 2.82. The van der Waals surface area contributed by atoms with Crippen LogP contribution in [-0.4, -0.2) is 47.1 Å². The predicted octanol–water partition coefficient (Wildman–Crippen LogP) is 3.09. The van der Waals surface area contributed by atoms with E-state index in [1.165, 1.54) is 23.9 Å². The SMILES string of the molecule is CC(C)(C)NS(=O)(=O)COc1ccc(-c2ncc(NCCCc3ccccc3)c(=O)n2CC(=O)O)cc1. The molecule has 3 rings (SSSR count). The van der Waals surface area contributed by atoms with Crippen molar-refractivity contribution in [3.05, 3.63) is 76.7 Å². The quantitative estimate of drug-likeness (QED) is 0.305. The van der Waals surface area contributed by atoms with Crippen LogP contribution in [0.15, 0.2) is 65.6 Å². The zero-order valence-electron chi connectivity index (χ0n) is 21.1. The maximum absolute atomic E-state index is 13.1. The Kier molecular flexibility index (Phi) is 9.06. The van der Waals surface area contributed by atoms with Crippen molar-refractivity contribution < 1.29 is 23.1 Å². The Labute approximate surface area is 216 Å². The van der Waals surface area contributed by atoms with Gasteiger partial charge in [-0.2, -0.15) is 0 Å². The van der Waals surface area contributed by atoms with Gasteiger partial charge in [0.15, 0.2) is 0 Å². The number of carboxylic acids is 1. The van der Waals surface area contributed by atoms with Crippen molar-refractivity contribution in [1.82, 2.24) is 14.3 Å². The summed E-state index contributed by atoms with van der Waals surface area (Å²) in [4.78, 5) is 28.9. The van der Waals surface area contributed by atoms with Crippen LogP contribution in [0.4, 0.5) is 5.69 Å². The lowest BCUT2D eigenvalue weighted by Gasteiger charge is -2.20. The summed E-state index contributed by atoms with van der Waals surface area (Å²) in [6.07, 6.45) is 3.02. The smallest absolute Gasteiger partial charge is 0.323 e. The number of sulfonamides is 1. The van der Waals surface area contributed by atoms with Gasteiger partial charge in [-0.3, -0.25) is 14.2 Å². The van der Waals surface area contributed by atoms with Crippen molar-refractivity contribution in [2.75, 3.05) is 17.8 Å². The van der Waals surface area contributed by atoms with Gasteiger partial charge in [0.25, 0.3) is 5.56 Å². The monoisotopic (exact) mass is 528 g/mol. The van der Waals surface area contributed by atoms with Gasteiger partial charge in [-0.25, -0.2) is 18.1 Å². The van der Waals surface area contributed by atoms with Crippen molar-refractivity contribution in [2.45, 2.75) is 45.7 Å². The maximum Gasteiger partial charge on any atom is 0.323 e. The van der Waals surface area contributed by atoms with Crippen molar-refractivity contribution in [3.63, 3.8) is 0 Å². The van der Waals surface area contributed by atoms with Gasteiger partial charge in [-0.05, 0) is 63.4 Å². The molecule has 3 aromatic rings. The van der Waals surface area contributed by atoms with E-state index >= 15 is 0 Å². The fraction of sp³-hybridized carbons (Fsp3) is 0.346. The topological polar surface area (TPSA) is 140 Å². The number of aryl methyl sites for hydroxylation is 1. The van der Waals surface area contributed by atoms with Crippen molar-refractivity contribution in [2.24, 2.45) is 0 Å². The highest BCUT2D eigenvalue weighted by Crippen LogP contribution is 2.21. The van der Waals surface area contributed by atoms with Gasteiger partial charge in [-0.15, -0.1) is 0 Å². The summed E-state index contributed by atoms with van der Waals surface area (Å²) >= 11 is 0. The number of nitrogens with zero attached hydrogens (tertiary/aromatic N) is 2. The number of nitrogens with one attached hydrogen (secondary N) is 2. The van der Waals surface area contributed by atoms with Gasteiger partial charge in [0.1, 0.15) is 23.8 Å².